The van der Waals surface area contributed by atoms with Gasteiger partial charge in [0.2, 0.25) is 4.96 Å². The molecule has 1 aromatic carbocycles. The maximum absolute atomic E-state index is 12.8. The number of aryl methyl sites for hydroxylation is 2. The lowest BCUT2D eigenvalue weighted by Crippen LogP contribution is -2.23. The van der Waals surface area contributed by atoms with Gasteiger partial charge in [-0.1, -0.05) is 41.2 Å². The third kappa shape index (κ3) is 2.40. The van der Waals surface area contributed by atoms with Crippen LogP contribution in [0.4, 0.5) is 0 Å². The van der Waals surface area contributed by atoms with E-state index in [4.69, 9.17) is 0 Å². The second kappa shape index (κ2) is 5.40. The second-order valence-electron chi connectivity index (χ2n) is 5.39. The number of hydrogen-bond acceptors (Lipinski definition) is 5. The Morgan fingerprint density at radius 3 is 2.57 bits per heavy atom. The smallest absolute Gasteiger partial charge is 0.267 e. The minimum Gasteiger partial charge on any atom is -0.267 e. The average Bonchev–Trinajstić information content (AvgIpc) is 3.20. The Hall–Kier alpha value is -2.31. The third-order valence-electron chi connectivity index (χ3n) is 3.72. The van der Waals surface area contributed by atoms with E-state index >= 15 is 0 Å². The zero-order valence-electron chi connectivity index (χ0n) is 12.6. The maximum Gasteiger partial charge on any atom is 0.276 e. The number of thiazole rings is 1. The minimum absolute atomic E-state index is 0.0571. The summed E-state index contributed by atoms with van der Waals surface area (Å²) >= 11 is 3.01. The molecule has 4 nitrogen and oxygen atoms in total. The highest BCUT2D eigenvalue weighted by Gasteiger charge is 2.14. The van der Waals surface area contributed by atoms with E-state index in [1.807, 2.05) is 49.6 Å². The fraction of sp³-hybridized carbons (Fsp3) is 0.118. The normalized spacial score (nSPS) is 12.3. The molecule has 0 bridgehead atoms. The molecule has 4 aromatic rings. The van der Waals surface area contributed by atoms with Crippen molar-refractivity contribution in [2.45, 2.75) is 13.8 Å². The predicted octanol–water partition coefficient (Wildman–Crippen LogP) is 3.04. The summed E-state index contributed by atoms with van der Waals surface area (Å²) < 4.78 is 2.29. The predicted molar refractivity (Wildman–Crippen MR) is 95.1 cm³/mol. The number of rotatable bonds is 2. The summed E-state index contributed by atoms with van der Waals surface area (Å²) in [4.78, 5) is 14.5. The Morgan fingerprint density at radius 2 is 1.87 bits per heavy atom. The van der Waals surface area contributed by atoms with E-state index in [1.165, 1.54) is 22.5 Å². The van der Waals surface area contributed by atoms with Gasteiger partial charge in [0, 0.05) is 10.4 Å². The molecule has 0 aliphatic carbocycles. The topological polar surface area (TPSA) is 47.3 Å². The van der Waals surface area contributed by atoms with Gasteiger partial charge in [-0.15, -0.1) is 21.5 Å². The zero-order chi connectivity index (χ0) is 16.0. The summed E-state index contributed by atoms with van der Waals surface area (Å²) in [5.41, 5.74) is 3.19. The van der Waals surface area contributed by atoms with Crippen molar-refractivity contribution in [2.24, 2.45) is 0 Å². The standard InChI is InChI=1S/C17H13N3OS2/c1-10-3-5-12(6-4-10)15-18-19-17-20(15)16(21)14(23-17)9-13-11(2)7-8-22-13/h3-9H,1-2H3. The summed E-state index contributed by atoms with van der Waals surface area (Å²) in [7, 11) is 0. The van der Waals surface area contributed by atoms with Gasteiger partial charge in [-0.05, 0) is 36.9 Å². The molecule has 0 N–H and O–H groups in total. The van der Waals surface area contributed by atoms with E-state index in [-0.39, 0.29) is 5.56 Å². The van der Waals surface area contributed by atoms with Crippen LogP contribution in [0.3, 0.4) is 0 Å². The van der Waals surface area contributed by atoms with Crippen LogP contribution < -0.4 is 10.1 Å². The molecule has 3 aromatic heterocycles. The number of benzene rings is 1. The molecule has 0 amide bonds. The maximum atomic E-state index is 12.8. The second-order valence-corrected chi connectivity index (χ2v) is 7.35. The fourth-order valence-corrected chi connectivity index (χ4v) is 4.23. The first-order chi connectivity index (χ1) is 11.1. The molecule has 0 radical (unpaired) electrons. The highest BCUT2D eigenvalue weighted by Crippen LogP contribution is 2.19. The van der Waals surface area contributed by atoms with E-state index in [0.717, 1.165) is 10.4 Å². The number of fused-ring (bicyclic) bond motifs is 1. The van der Waals surface area contributed by atoms with E-state index in [1.54, 1.807) is 15.7 Å². The van der Waals surface area contributed by atoms with Gasteiger partial charge in [-0.2, -0.15) is 0 Å². The van der Waals surface area contributed by atoms with Crippen molar-refractivity contribution < 1.29 is 0 Å². The summed E-state index contributed by atoms with van der Waals surface area (Å²) in [6.45, 7) is 4.08. The Labute approximate surface area is 140 Å². The van der Waals surface area contributed by atoms with Crippen molar-refractivity contribution in [1.82, 2.24) is 14.6 Å². The molecule has 3 heterocycles. The van der Waals surface area contributed by atoms with Crippen LogP contribution in [-0.2, 0) is 0 Å². The Morgan fingerprint density at radius 1 is 1.09 bits per heavy atom. The van der Waals surface area contributed by atoms with Crippen molar-refractivity contribution in [3.8, 4) is 11.4 Å². The van der Waals surface area contributed by atoms with E-state index in [2.05, 4.69) is 16.3 Å². The van der Waals surface area contributed by atoms with Crippen LogP contribution in [-0.4, -0.2) is 14.6 Å². The van der Waals surface area contributed by atoms with Crippen molar-refractivity contribution in [1.29, 1.82) is 0 Å². The molecule has 23 heavy (non-hydrogen) atoms. The molecule has 4 rings (SSSR count). The molecular weight excluding hydrogens is 326 g/mol. The molecule has 0 saturated carbocycles. The minimum atomic E-state index is -0.0571. The SMILES string of the molecule is Cc1ccc(-c2nnc3sc(=Cc4sccc4C)c(=O)n23)cc1. The average molecular weight is 339 g/mol. The van der Waals surface area contributed by atoms with Gasteiger partial charge in [0.05, 0.1) is 4.53 Å². The quantitative estimate of drug-likeness (QED) is 0.564. The molecule has 0 unspecified atom stereocenters. The Balaban J connectivity index is 1.94. The Kier molecular flexibility index (Phi) is 3.36. The lowest BCUT2D eigenvalue weighted by molar-refractivity contribution is 1.09. The van der Waals surface area contributed by atoms with E-state index < -0.39 is 0 Å². The van der Waals surface area contributed by atoms with Crippen molar-refractivity contribution in [3.05, 3.63) is 66.6 Å². The zero-order valence-corrected chi connectivity index (χ0v) is 14.2. The molecule has 0 spiro atoms. The van der Waals surface area contributed by atoms with Gasteiger partial charge in [0.25, 0.3) is 5.56 Å². The monoisotopic (exact) mass is 339 g/mol. The van der Waals surface area contributed by atoms with Gasteiger partial charge in [0.15, 0.2) is 5.82 Å². The van der Waals surface area contributed by atoms with Crippen LogP contribution in [0, 0.1) is 13.8 Å². The van der Waals surface area contributed by atoms with E-state index in [9.17, 15) is 4.79 Å². The van der Waals surface area contributed by atoms with Gasteiger partial charge >= 0.3 is 0 Å². The van der Waals surface area contributed by atoms with Crippen LogP contribution in [0.2, 0.25) is 0 Å². The molecule has 0 fully saturated rings. The number of hydrogen-bond donors (Lipinski definition) is 0. The molecule has 114 valence electrons. The van der Waals surface area contributed by atoms with Crippen molar-refractivity contribution in [3.63, 3.8) is 0 Å². The molecule has 0 aliphatic rings. The van der Waals surface area contributed by atoms with Crippen molar-refractivity contribution >= 4 is 33.7 Å². The first-order valence-corrected chi connectivity index (χ1v) is 8.84. The third-order valence-corrected chi connectivity index (χ3v) is 5.65. The largest absolute Gasteiger partial charge is 0.276 e. The van der Waals surface area contributed by atoms with Crippen LogP contribution >= 0.6 is 22.7 Å². The van der Waals surface area contributed by atoms with Crippen LogP contribution in [0.1, 0.15) is 16.0 Å². The molecule has 0 atom stereocenters. The van der Waals surface area contributed by atoms with Gasteiger partial charge in [0.1, 0.15) is 0 Å². The lowest BCUT2D eigenvalue weighted by Gasteiger charge is -1.97. The number of aromatic nitrogens is 3. The highest BCUT2D eigenvalue weighted by molar-refractivity contribution is 7.15. The first-order valence-electron chi connectivity index (χ1n) is 7.14. The fourth-order valence-electron chi connectivity index (χ4n) is 2.40. The number of thiophene rings is 1. The molecule has 0 aliphatic heterocycles. The molecule has 0 saturated heterocycles. The lowest BCUT2D eigenvalue weighted by atomic mass is 10.1. The summed E-state index contributed by atoms with van der Waals surface area (Å²) in [5.74, 6) is 0.601. The van der Waals surface area contributed by atoms with Crippen LogP contribution in [0.5, 0.6) is 0 Å². The van der Waals surface area contributed by atoms with E-state index in [0.29, 0.717) is 15.3 Å². The van der Waals surface area contributed by atoms with Crippen molar-refractivity contribution in [2.75, 3.05) is 0 Å². The first kappa shape index (κ1) is 14.3. The Bertz CT molecular complexity index is 1100. The van der Waals surface area contributed by atoms with Crippen LogP contribution in [0.25, 0.3) is 22.4 Å². The molecule has 6 heteroatoms. The summed E-state index contributed by atoms with van der Waals surface area (Å²) in [6.07, 6.45) is 1.95. The van der Waals surface area contributed by atoms with Gasteiger partial charge < -0.3 is 0 Å². The highest BCUT2D eigenvalue weighted by atomic mass is 32.1. The summed E-state index contributed by atoms with van der Waals surface area (Å²) in [5, 5.41) is 10.4. The van der Waals surface area contributed by atoms with Gasteiger partial charge in [-0.3, -0.25) is 4.79 Å². The molecular formula is C17H13N3OS2. The van der Waals surface area contributed by atoms with Gasteiger partial charge in [-0.25, -0.2) is 4.40 Å². The number of nitrogens with zero attached hydrogens (tertiary/aromatic N) is 3. The summed E-state index contributed by atoms with van der Waals surface area (Å²) in [6, 6.07) is 10.0. The van der Waals surface area contributed by atoms with Crippen LogP contribution in [0.15, 0.2) is 40.5 Å².